The van der Waals surface area contributed by atoms with Gasteiger partial charge >= 0.3 is 5.97 Å². The Morgan fingerprint density at radius 2 is 2.24 bits per heavy atom. The van der Waals surface area contributed by atoms with Crippen molar-refractivity contribution in [3.63, 3.8) is 0 Å². The maximum absolute atomic E-state index is 10.8. The van der Waals surface area contributed by atoms with Crippen molar-refractivity contribution in [2.45, 2.75) is 20.4 Å². The van der Waals surface area contributed by atoms with Crippen LogP contribution in [0.25, 0.3) is 11.4 Å². The van der Waals surface area contributed by atoms with Crippen molar-refractivity contribution in [3.05, 3.63) is 18.2 Å². The number of anilines is 1. The van der Waals surface area contributed by atoms with Gasteiger partial charge in [0.2, 0.25) is 0 Å². The lowest BCUT2D eigenvalue weighted by Crippen LogP contribution is -2.12. The zero-order valence-corrected chi connectivity index (χ0v) is 11.9. The molecular formula is C13H17N5O3. The minimum Gasteiger partial charge on any atom is -0.491 e. The smallest absolute Gasteiger partial charge is 0.325 e. The molecule has 1 aromatic carbocycles. The lowest BCUT2D eigenvalue weighted by Gasteiger charge is -2.11. The molecule has 0 atom stereocenters. The van der Waals surface area contributed by atoms with Crippen molar-refractivity contribution < 1.29 is 14.6 Å². The number of carbonyl (C=O) groups is 1. The molecule has 0 bridgehead atoms. The largest absolute Gasteiger partial charge is 0.491 e. The average Bonchev–Trinajstić information content (AvgIpc) is 2.84. The van der Waals surface area contributed by atoms with Crippen LogP contribution in [0.4, 0.5) is 5.69 Å². The third kappa shape index (κ3) is 3.68. The molecule has 0 saturated carbocycles. The Labute approximate surface area is 121 Å². The number of aromatic nitrogens is 4. The molecular weight excluding hydrogens is 274 g/mol. The molecule has 2 rings (SSSR count). The first-order valence-corrected chi connectivity index (χ1v) is 6.48. The van der Waals surface area contributed by atoms with Gasteiger partial charge in [0.25, 0.3) is 0 Å². The van der Waals surface area contributed by atoms with Gasteiger partial charge in [-0.1, -0.05) is 13.8 Å². The summed E-state index contributed by atoms with van der Waals surface area (Å²) in [5.74, 6) is 0.310. The van der Waals surface area contributed by atoms with E-state index in [1.807, 2.05) is 13.8 Å². The molecule has 1 aromatic heterocycles. The van der Waals surface area contributed by atoms with Crippen LogP contribution in [0.1, 0.15) is 13.8 Å². The van der Waals surface area contributed by atoms with E-state index in [4.69, 9.17) is 15.6 Å². The summed E-state index contributed by atoms with van der Waals surface area (Å²) in [5.41, 5.74) is 7.04. The molecule has 0 amide bonds. The van der Waals surface area contributed by atoms with Gasteiger partial charge in [-0.2, -0.15) is 0 Å². The Kier molecular flexibility index (Phi) is 4.36. The molecule has 8 heteroatoms. The number of carboxylic acid groups (broad SMARTS) is 1. The molecule has 112 valence electrons. The Bertz CT molecular complexity index is 638. The van der Waals surface area contributed by atoms with Crippen LogP contribution < -0.4 is 10.5 Å². The number of tetrazole rings is 1. The minimum absolute atomic E-state index is 0.312. The summed E-state index contributed by atoms with van der Waals surface area (Å²) in [6.07, 6.45) is 0. The van der Waals surface area contributed by atoms with E-state index in [1.165, 1.54) is 4.68 Å². The highest BCUT2D eigenvalue weighted by molar-refractivity contribution is 5.69. The van der Waals surface area contributed by atoms with Gasteiger partial charge in [0.15, 0.2) is 5.82 Å². The summed E-state index contributed by atoms with van der Waals surface area (Å²) < 4.78 is 6.79. The highest BCUT2D eigenvalue weighted by atomic mass is 16.5. The van der Waals surface area contributed by atoms with Crippen LogP contribution in [0, 0.1) is 5.92 Å². The van der Waals surface area contributed by atoms with Gasteiger partial charge in [-0.05, 0) is 34.5 Å². The molecule has 0 radical (unpaired) electrons. The fourth-order valence-electron chi connectivity index (χ4n) is 1.72. The second-order valence-electron chi connectivity index (χ2n) is 5.01. The number of nitrogen functional groups attached to an aromatic ring is 1. The molecule has 21 heavy (non-hydrogen) atoms. The molecule has 0 aliphatic rings. The summed E-state index contributed by atoms with van der Waals surface area (Å²) in [7, 11) is 0. The third-order valence-corrected chi connectivity index (χ3v) is 2.66. The molecule has 0 fully saturated rings. The molecule has 0 spiro atoms. The molecule has 0 unspecified atom stereocenters. The second-order valence-corrected chi connectivity index (χ2v) is 5.01. The van der Waals surface area contributed by atoms with Crippen molar-refractivity contribution in [1.29, 1.82) is 0 Å². The third-order valence-electron chi connectivity index (χ3n) is 2.66. The molecule has 0 aliphatic heterocycles. The molecule has 0 aliphatic carbocycles. The average molecular weight is 291 g/mol. The van der Waals surface area contributed by atoms with Crippen molar-refractivity contribution in [2.75, 3.05) is 12.3 Å². The van der Waals surface area contributed by atoms with Crippen LogP contribution in [-0.2, 0) is 11.3 Å². The molecule has 1 heterocycles. The molecule has 8 nitrogen and oxygen atoms in total. The summed E-state index contributed by atoms with van der Waals surface area (Å²) in [6, 6.07) is 5.14. The Morgan fingerprint density at radius 3 is 2.86 bits per heavy atom. The van der Waals surface area contributed by atoms with Gasteiger partial charge in [-0.25, -0.2) is 4.68 Å². The van der Waals surface area contributed by atoms with Crippen LogP contribution in [0.15, 0.2) is 18.2 Å². The Balaban J connectivity index is 2.24. The van der Waals surface area contributed by atoms with Gasteiger partial charge in [-0.3, -0.25) is 4.79 Å². The maximum atomic E-state index is 10.8. The quantitative estimate of drug-likeness (QED) is 0.764. The van der Waals surface area contributed by atoms with E-state index in [2.05, 4.69) is 15.5 Å². The molecule has 2 aromatic rings. The summed E-state index contributed by atoms with van der Waals surface area (Å²) in [5, 5.41) is 19.8. The first-order chi connectivity index (χ1) is 9.97. The predicted octanol–water partition coefficient (Wildman–Crippen LogP) is 1.04. The monoisotopic (exact) mass is 291 g/mol. The zero-order valence-electron chi connectivity index (χ0n) is 11.9. The number of carboxylic acids is 1. The van der Waals surface area contributed by atoms with E-state index in [9.17, 15) is 4.79 Å². The first kappa shape index (κ1) is 14.8. The van der Waals surface area contributed by atoms with Gasteiger partial charge in [0.05, 0.1) is 12.3 Å². The van der Waals surface area contributed by atoms with E-state index in [0.717, 1.165) is 0 Å². The zero-order chi connectivity index (χ0) is 15.4. The van der Waals surface area contributed by atoms with Crippen LogP contribution >= 0.6 is 0 Å². The van der Waals surface area contributed by atoms with Crippen LogP contribution in [0.3, 0.4) is 0 Å². The molecule has 3 N–H and O–H groups in total. The van der Waals surface area contributed by atoms with Gasteiger partial charge in [0, 0.05) is 5.56 Å². The van der Waals surface area contributed by atoms with E-state index in [-0.39, 0.29) is 6.54 Å². The number of nitrogens with two attached hydrogens (primary N) is 1. The Morgan fingerprint density at radius 1 is 1.48 bits per heavy atom. The summed E-state index contributed by atoms with van der Waals surface area (Å²) >= 11 is 0. The van der Waals surface area contributed by atoms with Gasteiger partial charge < -0.3 is 15.6 Å². The van der Waals surface area contributed by atoms with Gasteiger partial charge in [0.1, 0.15) is 12.3 Å². The number of benzene rings is 1. The standard InChI is InChI=1S/C13H17N5O3/c1-8(2)7-21-11-4-3-9(5-10(11)14)13-15-16-17-18(13)6-12(19)20/h3-5,8H,6-7,14H2,1-2H3,(H,19,20). The predicted molar refractivity (Wildman–Crippen MR) is 75.6 cm³/mol. The van der Waals surface area contributed by atoms with Crippen molar-refractivity contribution in [2.24, 2.45) is 5.92 Å². The van der Waals surface area contributed by atoms with E-state index >= 15 is 0 Å². The highest BCUT2D eigenvalue weighted by Gasteiger charge is 2.13. The highest BCUT2D eigenvalue weighted by Crippen LogP contribution is 2.27. The Hall–Kier alpha value is -2.64. The lowest BCUT2D eigenvalue weighted by atomic mass is 10.1. The van der Waals surface area contributed by atoms with Crippen molar-refractivity contribution >= 4 is 11.7 Å². The normalized spacial score (nSPS) is 10.8. The number of rotatable bonds is 6. The second kappa shape index (κ2) is 6.21. The van der Waals surface area contributed by atoms with E-state index < -0.39 is 5.97 Å². The number of hydrogen-bond acceptors (Lipinski definition) is 6. The fourth-order valence-corrected chi connectivity index (χ4v) is 1.72. The maximum Gasteiger partial charge on any atom is 0.325 e. The van der Waals surface area contributed by atoms with Crippen LogP contribution in [0.5, 0.6) is 5.75 Å². The summed E-state index contributed by atoms with van der Waals surface area (Å²) in [6.45, 7) is 4.35. The van der Waals surface area contributed by atoms with Crippen LogP contribution in [-0.4, -0.2) is 37.9 Å². The SMILES string of the molecule is CC(C)COc1ccc(-c2nnnn2CC(=O)O)cc1N. The minimum atomic E-state index is -1.02. The summed E-state index contributed by atoms with van der Waals surface area (Å²) in [4.78, 5) is 10.8. The molecule has 0 saturated heterocycles. The van der Waals surface area contributed by atoms with Crippen LogP contribution in [0.2, 0.25) is 0 Å². The van der Waals surface area contributed by atoms with E-state index in [0.29, 0.717) is 35.3 Å². The number of aliphatic carboxylic acids is 1. The number of nitrogens with zero attached hydrogens (tertiary/aromatic N) is 4. The van der Waals surface area contributed by atoms with Crippen molar-refractivity contribution in [3.8, 4) is 17.1 Å². The van der Waals surface area contributed by atoms with Crippen molar-refractivity contribution in [1.82, 2.24) is 20.2 Å². The number of hydrogen-bond donors (Lipinski definition) is 2. The van der Waals surface area contributed by atoms with E-state index in [1.54, 1.807) is 18.2 Å². The number of ether oxygens (including phenoxy) is 1. The topological polar surface area (TPSA) is 116 Å². The first-order valence-electron chi connectivity index (χ1n) is 6.48. The van der Waals surface area contributed by atoms with Gasteiger partial charge in [-0.15, -0.1) is 5.10 Å². The fraction of sp³-hybridized carbons (Fsp3) is 0.385. The lowest BCUT2D eigenvalue weighted by molar-refractivity contribution is -0.137.